The van der Waals surface area contributed by atoms with Crippen molar-refractivity contribution in [2.24, 2.45) is 11.8 Å². The van der Waals surface area contributed by atoms with Crippen molar-refractivity contribution in [2.45, 2.75) is 44.7 Å². The first kappa shape index (κ1) is 21.9. The highest BCUT2D eigenvalue weighted by Crippen LogP contribution is 2.33. The summed E-state index contributed by atoms with van der Waals surface area (Å²) >= 11 is 0. The number of pyridine rings is 1. The predicted molar refractivity (Wildman–Crippen MR) is 131 cm³/mol. The van der Waals surface area contributed by atoms with Crippen LogP contribution in [0.3, 0.4) is 0 Å². The zero-order chi connectivity index (χ0) is 22.6. The second kappa shape index (κ2) is 9.92. The first-order chi connectivity index (χ1) is 16.2. The molecule has 1 saturated heterocycles. The highest BCUT2D eigenvalue weighted by atomic mass is 16.5. The fourth-order valence-corrected chi connectivity index (χ4v) is 5.20. The number of nitrogens with one attached hydrogen (secondary N) is 1. The van der Waals surface area contributed by atoms with Crippen LogP contribution < -0.4 is 10.1 Å². The van der Waals surface area contributed by atoms with Gasteiger partial charge in [-0.3, -0.25) is 14.7 Å². The maximum atomic E-state index is 12.8. The van der Waals surface area contributed by atoms with Crippen LogP contribution in [-0.4, -0.2) is 36.0 Å². The van der Waals surface area contributed by atoms with E-state index in [1.54, 1.807) is 7.11 Å². The molecule has 1 aromatic heterocycles. The van der Waals surface area contributed by atoms with Crippen LogP contribution in [0.1, 0.15) is 49.4 Å². The summed E-state index contributed by atoms with van der Waals surface area (Å²) in [4.78, 5) is 20.0. The van der Waals surface area contributed by atoms with Gasteiger partial charge in [-0.05, 0) is 84.8 Å². The highest BCUT2D eigenvalue weighted by Gasteiger charge is 2.33. The predicted octanol–water partition coefficient (Wildman–Crippen LogP) is 5.11. The summed E-state index contributed by atoms with van der Waals surface area (Å²) in [6, 6.07) is 18.9. The zero-order valence-corrected chi connectivity index (χ0v) is 19.4. The van der Waals surface area contributed by atoms with Gasteiger partial charge in [-0.1, -0.05) is 30.7 Å². The molecule has 2 heterocycles. The molecule has 1 aliphatic heterocycles. The molecule has 0 unspecified atom stereocenters. The third-order valence-electron chi connectivity index (χ3n) is 7.31. The van der Waals surface area contributed by atoms with Gasteiger partial charge in [0.05, 0.1) is 18.8 Å². The number of fused-ring (bicyclic) bond motifs is 1. The van der Waals surface area contributed by atoms with E-state index >= 15 is 0 Å². The Morgan fingerprint density at radius 1 is 1.09 bits per heavy atom. The van der Waals surface area contributed by atoms with Gasteiger partial charge in [0.15, 0.2) is 0 Å². The maximum absolute atomic E-state index is 12.8. The van der Waals surface area contributed by atoms with Gasteiger partial charge < -0.3 is 10.1 Å². The summed E-state index contributed by atoms with van der Waals surface area (Å²) in [6.45, 7) is 2.97. The second-order valence-electron chi connectivity index (χ2n) is 9.55. The van der Waals surface area contributed by atoms with Gasteiger partial charge in [0.25, 0.3) is 0 Å². The number of hydrogen-bond donors (Lipinski definition) is 1. The molecule has 0 spiro atoms. The van der Waals surface area contributed by atoms with Gasteiger partial charge in [0, 0.05) is 25.2 Å². The van der Waals surface area contributed by atoms with Crippen LogP contribution in [0.15, 0.2) is 60.8 Å². The minimum atomic E-state index is -0.0221. The molecule has 1 aliphatic carbocycles. The fourth-order valence-electron chi connectivity index (χ4n) is 5.20. The number of methoxy groups -OCH3 is 1. The average Bonchev–Trinajstić information content (AvgIpc) is 2.82. The second-order valence-corrected chi connectivity index (χ2v) is 9.55. The molecule has 33 heavy (non-hydrogen) atoms. The summed E-state index contributed by atoms with van der Waals surface area (Å²) in [7, 11) is 1.70. The molecular formula is C28H33N3O2. The Hall–Kier alpha value is -2.92. The quantitative estimate of drug-likeness (QED) is 0.551. The summed E-state index contributed by atoms with van der Waals surface area (Å²) in [5.41, 5.74) is 2.30. The Labute approximate surface area is 196 Å². The van der Waals surface area contributed by atoms with Crippen LogP contribution in [0, 0.1) is 11.8 Å². The van der Waals surface area contributed by atoms with Crippen LogP contribution in [0.25, 0.3) is 10.8 Å². The molecule has 2 aliphatic rings. The highest BCUT2D eigenvalue weighted by molar-refractivity contribution is 5.84. The van der Waals surface area contributed by atoms with Crippen molar-refractivity contribution in [3.63, 3.8) is 0 Å². The van der Waals surface area contributed by atoms with E-state index in [9.17, 15) is 4.79 Å². The lowest BCUT2D eigenvalue weighted by molar-refractivity contribution is -0.128. The van der Waals surface area contributed by atoms with Gasteiger partial charge in [-0.25, -0.2) is 0 Å². The van der Waals surface area contributed by atoms with E-state index in [0.717, 1.165) is 56.8 Å². The number of rotatable bonds is 7. The van der Waals surface area contributed by atoms with E-state index in [-0.39, 0.29) is 17.9 Å². The fraction of sp³-hybridized carbons (Fsp3) is 0.429. The minimum absolute atomic E-state index is 0.0221. The SMILES string of the molecule is COc1ccc2cc(CN3CCC[C@H]([C@@H](NC(=O)C4CCC4)c4ccccn4)C3)ccc2c1. The van der Waals surface area contributed by atoms with Crippen molar-refractivity contribution in [2.75, 3.05) is 20.2 Å². The summed E-state index contributed by atoms with van der Waals surface area (Å²) < 4.78 is 5.35. The molecule has 5 rings (SSSR count). The van der Waals surface area contributed by atoms with Gasteiger partial charge >= 0.3 is 0 Å². The average molecular weight is 444 g/mol. The third-order valence-corrected chi connectivity index (χ3v) is 7.31. The van der Waals surface area contributed by atoms with Gasteiger partial charge in [-0.15, -0.1) is 0 Å². The topological polar surface area (TPSA) is 54.5 Å². The summed E-state index contributed by atoms with van der Waals surface area (Å²) in [6.07, 6.45) is 7.29. The van der Waals surface area contributed by atoms with Crippen molar-refractivity contribution in [1.29, 1.82) is 0 Å². The van der Waals surface area contributed by atoms with Gasteiger partial charge in [-0.2, -0.15) is 0 Å². The number of aromatic nitrogens is 1. The molecule has 1 saturated carbocycles. The molecule has 2 aromatic carbocycles. The minimum Gasteiger partial charge on any atom is -0.497 e. The molecule has 2 fully saturated rings. The lowest BCUT2D eigenvalue weighted by Crippen LogP contribution is -2.45. The van der Waals surface area contributed by atoms with Crippen molar-refractivity contribution in [3.05, 3.63) is 72.1 Å². The Balaban J connectivity index is 1.30. The number of amides is 1. The number of nitrogens with zero attached hydrogens (tertiary/aromatic N) is 2. The summed E-state index contributed by atoms with van der Waals surface area (Å²) in [5, 5.41) is 5.82. The van der Waals surface area contributed by atoms with Crippen LogP contribution in [0.2, 0.25) is 0 Å². The molecule has 5 nitrogen and oxygen atoms in total. The van der Waals surface area contributed by atoms with E-state index in [0.29, 0.717) is 5.92 Å². The zero-order valence-electron chi connectivity index (χ0n) is 19.4. The van der Waals surface area contributed by atoms with E-state index < -0.39 is 0 Å². The Bertz CT molecular complexity index is 1100. The monoisotopic (exact) mass is 443 g/mol. The number of carbonyl (C=O) groups is 1. The standard InChI is InChI=1S/C28H33N3O2/c1-33-25-13-12-22-16-20(10-11-23(22)17-25)18-31-15-5-8-24(19-31)27(26-9-2-3-14-29-26)30-28(32)21-6-4-7-21/h2-3,9-14,16-17,21,24,27H,4-8,15,18-19H2,1H3,(H,30,32)/t24-,27+/m0/s1. The number of piperidine rings is 1. The number of carbonyl (C=O) groups excluding carboxylic acids is 1. The molecule has 3 aromatic rings. The normalized spacial score (nSPS) is 20.2. The molecule has 1 amide bonds. The Morgan fingerprint density at radius 2 is 1.94 bits per heavy atom. The molecular weight excluding hydrogens is 410 g/mol. The van der Waals surface area contributed by atoms with E-state index in [4.69, 9.17) is 4.74 Å². The number of likely N-dealkylation sites (tertiary alicyclic amines) is 1. The third kappa shape index (κ3) is 5.03. The summed E-state index contributed by atoms with van der Waals surface area (Å²) in [5.74, 6) is 1.65. The van der Waals surface area contributed by atoms with Crippen LogP contribution in [-0.2, 0) is 11.3 Å². The smallest absolute Gasteiger partial charge is 0.223 e. The van der Waals surface area contributed by atoms with Gasteiger partial charge in [0.2, 0.25) is 5.91 Å². The lowest BCUT2D eigenvalue weighted by Gasteiger charge is -2.38. The first-order valence-corrected chi connectivity index (χ1v) is 12.2. The number of ether oxygens (including phenoxy) is 1. The lowest BCUT2D eigenvalue weighted by atomic mass is 9.83. The van der Waals surface area contributed by atoms with E-state index in [1.165, 1.54) is 22.8 Å². The van der Waals surface area contributed by atoms with Crippen molar-refractivity contribution in [1.82, 2.24) is 15.2 Å². The molecule has 0 radical (unpaired) electrons. The molecule has 2 atom stereocenters. The Kier molecular flexibility index (Phi) is 6.58. The Morgan fingerprint density at radius 3 is 2.70 bits per heavy atom. The molecule has 172 valence electrons. The van der Waals surface area contributed by atoms with E-state index in [2.05, 4.69) is 51.6 Å². The number of hydrogen-bond acceptors (Lipinski definition) is 4. The van der Waals surface area contributed by atoms with Crippen molar-refractivity contribution >= 4 is 16.7 Å². The van der Waals surface area contributed by atoms with Gasteiger partial charge in [0.1, 0.15) is 5.75 Å². The largest absolute Gasteiger partial charge is 0.497 e. The molecule has 1 N–H and O–H groups in total. The van der Waals surface area contributed by atoms with Crippen LogP contribution >= 0.6 is 0 Å². The van der Waals surface area contributed by atoms with E-state index in [1.807, 2.05) is 24.4 Å². The van der Waals surface area contributed by atoms with Crippen molar-refractivity contribution < 1.29 is 9.53 Å². The van der Waals surface area contributed by atoms with Crippen LogP contribution in [0.5, 0.6) is 5.75 Å². The first-order valence-electron chi connectivity index (χ1n) is 12.2. The maximum Gasteiger partial charge on any atom is 0.223 e. The molecule has 0 bridgehead atoms. The van der Waals surface area contributed by atoms with Crippen LogP contribution in [0.4, 0.5) is 0 Å². The number of benzene rings is 2. The van der Waals surface area contributed by atoms with Crippen molar-refractivity contribution in [3.8, 4) is 5.75 Å². The molecule has 5 heteroatoms.